The summed E-state index contributed by atoms with van der Waals surface area (Å²) in [6.45, 7) is 4.57. The van der Waals surface area contributed by atoms with Crippen LogP contribution in [0, 0.1) is 26.2 Å². The Morgan fingerprint density at radius 2 is 1.96 bits per heavy atom. The van der Waals surface area contributed by atoms with Crippen LogP contribution in [0.5, 0.6) is 0 Å². The smallest absolute Gasteiger partial charge is 0.258 e. The molecule has 1 amide bonds. The zero-order chi connectivity index (χ0) is 18.5. The molecule has 0 aliphatic heterocycles. The van der Waals surface area contributed by atoms with Gasteiger partial charge in [-0.25, -0.2) is 0 Å². The first-order chi connectivity index (χ1) is 12.6. The van der Waals surface area contributed by atoms with Gasteiger partial charge in [0.05, 0.1) is 22.5 Å². The summed E-state index contributed by atoms with van der Waals surface area (Å²) in [5.41, 5.74) is 4.68. The first-order valence-corrected chi connectivity index (χ1v) is 10.3. The summed E-state index contributed by atoms with van der Waals surface area (Å²) in [6.07, 6.45) is 5.53. The molecule has 3 nitrogen and oxygen atoms in total. The predicted octanol–water partition coefficient (Wildman–Crippen LogP) is 4.31. The number of carbonyl (C=O) groups is 1. The summed E-state index contributed by atoms with van der Waals surface area (Å²) in [5.74, 6) is 3.70. The summed E-state index contributed by atoms with van der Waals surface area (Å²) in [6, 6.07) is 14.4. The van der Waals surface area contributed by atoms with Crippen LogP contribution in [0.4, 0.5) is 0 Å². The number of fused-ring (bicyclic) bond motifs is 1. The van der Waals surface area contributed by atoms with Crippen LogP contribution < -0.4 is 4.80 Å². The molecule has 26 heavy (non-hydrogen) atoms. The Kier molecular flexibility index (Phi) is 5.97. The number of aromatic nitrogens is 1. The van der Waals surface area contributed by atoms with E-state index < -0.39 is 0 Å². The van der Waals surface area contributed by atoms with E-state index in [4.69, 9.17) is 6.42 Å². The standard InChI is InChI=1S/C21H20N2OS2/c1-4-10-23-18-11-15(2)16(3)12-19(18)26-21(23)22-20(24)14-25-13-17-8-6-5-7-9-17/h1,5-9,11-12H,10,13-14H2,2-3H3. The van der Waals surface area contributed by atoms with Gasteiger partial charge in [0.15, 0.2) is 4.80 Å². The molecule has 0 radical (unpaired) electrons. The van der Waals surface area contributed by atoms with Crippen LogP contribution in [0.2, 0.25) is 0 Å². The molecular formula is C21H20N2OS2. The van der Waals surface area contributed by atoms with E-state index >= 15 is 0 Å². The highest BCUT2D eigenvalue weighted by molar-refractivity contribution is 7.99. The molecule has 3 rings (SSSR count). The number of thiazole rings is 1. The summed E-state index contributed by atoms with van der Waals surface area (Å²) < 4.78 is 3.05. The molecule has 1 aromatic heterocycles. The second-order valence-electron chi connectivity index (χ2n) is 6.06. The third-order valence-electron chi connectivity index (χ3n) is 4.11. The first-order valence-electron chi connectivity index (χ1n) is 8.32. The fraction of sp³-hybridized carbons (Fsp3) is 0.238. The Hall–Kier alpha value is -2.29. The van der Waals surface area contributed by atoms with Gasteiger partial charge in [0.25, 0.3) is 5.91 Å². The number of rotatable bonds is 5. The molecule has 0 atom stereocenters. The third-order valence-corrected chi connectivity index (χ3v) is 6.13. The molecular weight excluding hydrogens is 360 g/mol. The highest BCUT2D eigenvalue weighted by Crippen LogP contribution is 2.22. The molecule has 0 unspecified atom stereocenters. The van der Waals surface area contributed by atoms with Crippen molar-refractivity contribution in [2.45, 2.75) is 26.1 Å². The Morgan fingerprint density at radius 1 is 1.23 bits per heavy atom. The molecule has 1 heterocycles. The summed E-state index contributed by atoms with van der Waals surface area (Å²) in [4.78, 5) is 17.3. The minimum atomic E-state index is -0.128. The lowest BCUT2D eigenvalue weighted by molar-refractivity contribution is -0.115. The van der Waals surface area contributed by atoms with Crippen LogP contribution in [0.1, 0.15) is 16.7 Å². The van der Waals surface area contributed by atoms with Crippen molar-refractivity contribution in [2.24, 2.45) is 4.99 Å². The highest BCUT2D eigenvalue weighted by atomic mass is 32.2. The molecule has 2 aromatic carbocycles. The van der Waals surface area contributed by atoms with E-state index in [9.17, 15) is 4.79 Å². The lowest BCUT2D eigenvalue weighted by Gasteiger charge is -2.03. The largest absolute Gasteiger partial charge is 0.305 e. The van der Waals surface area contributed by atoms with E-state index in [1.807, 2.05) is 22.8 Å². The second kappa shape index (κ2) is 8.39. The lowest BCUT2D eigenvalue weighted by atomic mass is 10.1. The molecule has 0 saturated carbocycles. The number of nitrogens with zero attached hydrogens (tertiary/aromatic N) is 2. The fourth-order valence-corrected chi connectivity index (χ4v) is 4.52. The van der Waals surface area contributed by atoms with Crippen molar-refractivity contribution < 1.29 is 4.79 Å². The number of hydrogen-bond donors (Lipinski definition) is 0. The average molecular weight is 381 g/mol. The van der Waals surface area contributed by atoms with Crippen molar-refractivity contribution in [3.63, 3.8) is 0 Å². The zero-order valence-corrected chi connectivity index (χ0v) is 16.5. The van der Waals surface area contributed by atoms with Crippen LogP contribution >= 0.6 is 23.1 Å². The van der Waals surface area contributed by atoms with Crippen molar-refractivity contribution in [3.8, 4) is 12.3 Å². The number of terminal acetylenes is 1. The molecule has 0 spiro atoms. The summed E-state index contributed by atoms with van der Waals surface area (Å²) in [5, 5.41) is 0. The molecule has 3 aromatic rings. The van der Waals surface area contributed by atoms with Gasteiger partial charge < -0.3 is 4.57 Å². The highest BCUT2D eigenvalue weighted by Gasteiger charge is 2.09. The number of hydrogen-bond acceptors (Lipinski definition) is 3. The Labute approximate surface area is 161 Å². The summed E-state index contributed by atoms with van der Waals surface area (Å²) >= 11 is 3.09. The number of benzene rings is 2. The number of amides is 1. The van der Waals surface area contributed by atoms with Crippen LogP contribution in [0.25, 0.3) is 10.2 Å². The van der Waals surface area contributed by atoms with Gasteiger partial charge in [0.2, 0.25) is 0 Å². The van der Waals surface area contributed by atoms with Gasteiger partial charge in [-0.15, -0.1) is 18.2 Å². The van der Waals surface area contributed by atoms with Crippen molar-refractivity contribution in [2.75, 3.05) is 5.75 Å². The van der Waals surface area contributed by atoms with Gasteiger partial charge in [-0.05, 0) is 42.7 Å². The van der Waals surface area contributed by atoms with Gasteiger partial charge in [-0.3, -0.25) is 4.79 Å². The van der Waals surface area contributed by atoms with E-state index in [2.05, 4.69) is 49.0 Å². The van der Waals surface area contributed by atoms with Gasteiger partial charge in [-0.1, -0.05) is 47.6 Å². The second-order valence-corrected chi connectivity index (χ2v) is 8.06. The van der Waals surface area contributed by atoms with Gasteiger partial charge >= 0.3 is 0 Å². The van der Waals surface area contributed by atoms with E-state index in [0.29, 0.717) is 17.1 Å². The van der Waals surface area contributed by atoms with Crippen molar-refractivity contribution >= 4 is 39.2 Å². The van der Waals surface area contributed by atoms with E-state index in [1.165, 1.54) is 28.0 Å². The monoisotopic (exact) mass is 380 g/mol. The molecule has 0 fully saturated rings. The maximum absolute atomic E-state index is 12.3. The van der Waals surface area contributed by atoms with Gasteiger partial charge in [0, 0.05) is 5.75 Å². The zero-order valence-electron chi connectivity index (χ0n) is 14.9. The third kappa shape index (κ3) is 4.27. The molecule has 0 bridgehead atoms. The van der Waals surface area contributed by atoms with Gasteiger partial charge in [0.1, 0.15) is 0 Å². The Balaban J connectivity index is 1.82. The van der Waals surface area contributed by atoms with Gasteiger partial charge in [-0.2, -0.15) is 4.99 Å². The van der Waals surface area contributed by atoms with Crippen molar-refractivity contribution in [1.29, 1.82) is 0 Å². The summed E-state index contributed by atoms with van der Waals surface area (Å²) in [7, 11) is 0. The quantitative estimate of drug-likeness (QED) is 0.618. The Morgan fingerprint density at radius 3 is 2.69 bits per heavy atom. The minimum Gasteiger partial charge on any atom is -0.305 e. The van der Waals surface area contributed by atoms with Crippen LogP contribution in [-0.2, 0) is 17.1 Å². The molecule has 5 heteroatoms. The SMILES string of the molecule is C#CCn1c(=NC(=O)CSCc2ccccc2)sc2cc(C)c(C)cc21. The first kappa shape index (κ1) is 18.5. The fourth-order valence-electron chi connectivity index (χ4n) is 2.62. The van der Waals surface area contributed by atoms with Crippen LogP contribution in [0.15, 0.2) is 47.5 Å². The number of thioether (sulfide) groups is 1. The Bertz CT molecular complexity index is 1040. The predicted molar refractivity (Wildman–Crippen MR) is 111 cm³/mol. The maximum Gasteiger partial charge on any atom is 0.258 e. The topological polar surface area (TPSA) is 34.4 Å². The lowest BCUT2D eigenvalue weighted by Crippen LogP contribution is -2.17. The molecule has 0 aliphatic rings. The maximum atomic E-state index is 12.3. The minimum absolute atomic E-state index is 0.128. The normalized spacial score (nSPS) is 11.7. The van der Waals surface area contributed by atoms with E-state index in [1.54, 1.807) is 11.8 Å². The van der Waals surface area contributed by atoms with Crippen LogP contribution in [0.3, 0.4) is 0 Å². The number of carbonyl (C=O) groups excluding carboxylic acids is 1. The van der Waals surface area contributed by atoms with Crippen LogP contribution in [-0.4, -0.2) is 16.2 Å². The van der Waals surface area contributed by atoms with Crippen molar-refractivity contribution in [1.82, 2.24) is 4.57 Å². The van der Waals surface area contributed by atoms with E-state index in [-0.39, 0.29) is 5.91 Å². The van der Waals surface area contributed by atoms with Crippen molar-refractivity contribution in [3.05, 3.63) is 64.0 Å². The van der Waals surface area contributed by atoms with E-state index in [0.717, 1.165) is 16.0 Å². The average Bonchev–Trinajstić information content (AvgIpc) is 2.93. The molecule has 132 valence electrons. The molecule has 0 aliphatic carbocycles. The molecule has 0 saturated heterocycles. The number of aryl methyl sites for hydroxylation is 2. The molecule has 0 N–H and O–H groups in total.